The van der Waals surface area contributed by atoms with Gasteiger partial charge in [0.15, 0.2) is 11.6 Å². The lowest BCUT2D eigenvalue weighted by molar-refractivity contribution is -0.0694. The van der Waals surface area contributed by atoms with Gasteiger partial charge >= 0.3 is 0 Å². The third-order valence-corrected chi connectivity index (χ3v) is 6.96. The number of aromatic nitrogens is 2. The Morgan fingerprint density at radius 3 is 2.74 bits per heavy atom. The van der Waals surface area contributed by atoms with E-state index in [2.05, 4.69) is 4.98 Å². The lowest BCUT2D eigenvalue weighted by Gasteiger charge is -2.53. The summed E-state index contributed by atoms with van der Waals surface area (Å²) < 4.78 is 41.1. The van der Waals surface area contributed by atoms with Crippen LogP contribution in [0.2, 0.25) is 0 Å². The summed E-state index contributed by atoms with van der Waals surface area (Å²) in [6, 6.07) is 9.84. The number of rotatable bonds is 4. The predicted octanol–water partition coefficient (Wildman–Crippen LogP) is 5.24. The largest absolute Gasteiger partial charge is 0.495 e. The molecule has 2 aromatic carbocycles. The molecule has 2 aliphatic rings. The van der Waals surface area contributed by atoms with Gasteiger partial charge in [0.1, 0.15) is 11.6 Å². The van der Waals surface area contributed by atoms with E-state index >= 15 is 0 Å². The summed E-state index contributed by atoms with van der Waals surface area (Å²) in [5, 5.41) is 9.09. The average Bonchev–Trinajstić information content (AvgIpc) is 3.28. The molecular formula is C27H28F2N4O2. The Bertz CT molecular complexity index is 1320. The van der Waals surface area contributed by atoms with Crippen molar-refractivity contribution in [3.63, 3.8) is 0 Å². The quantitative estimate of drug-likeness (QED) is 0.557. The molecule has 2 saturated heterocycles. The van der Waals surface area contributed by atoms with E-state index in [1.165, 1.54) is 6.07 Å². The molecule has 0 radical (unpaired) electrons. The molecule has 0 spiro atoms. The summed E-state index contributed by atoms with van der Waals surface area (Å²) in [4.78, 5) is 6.30. The molecular weight excluding hydrogens is 450 g/mol. The molecule has 3 heterocycles. The van der Waals surface area contributed by atoms with Crippen LogP contribution in [0.1, 0.15) is 36.6 Å². The number of fused-ring (bicyclic) bond motifs is 1. The van der Waals surface area contributed by atoms with Gasteiger partial charge in [0.05, 0.1) is 49.6 Å². The number of morpholine rings is 1. The number of hydrogen-bond acceptors (Lipinski definition) is 4. The molecule has 2 fully saturated rings. The van der Waals surface area contributed by atoms with Crippen molar-refractivity contribution in [1.82, 2.24) is 14.5 Å². The maximum atomic E-state index is 14.1. The van der Waals surface area contributed by atoms with E-state index < -0.39 is 17.2 Å². The van der Waals surface area contributed by atoms with Crippen LogP contribution in [-0.2, 0) is 10.3 Å². The Hall–Kier alpha value is -3.52. The van der Waals surface area contributed by atoms with Gasteiger partial charge in [-0.15, -0.1) is 0 Å². The molecule has 1 aromatic heterocycles. The first kappa shape index (κ1) is 23.2. The normalized spacial score (nSPS) is 23.5. The van der Waals surface area contributed by atoms with Crippen LogP contribution in [0, 0.1) is 24.0 Å². The van der Waals surface area contributed by atoms with Crippen molar-refractivity contribution >= 4 is 11.9 Å². The molecule has 5 rings (SSSR count). The average molecular weight is 479 g/mol. The second-order valence-corrected chi connectivity index (χ2v) is 9.35. The van der Waals surface area contributed by atoms with E-state index in [0.29, 0.717) is 23.8 Å². The topological polar surface area (TPSA) is 63.4 Å². The fourth-order valence-corrected chi connectivity index (χ4v) is 5.12. The minimum absolute atomic E-state index is 0.00657. The van der Waals surface area contributed by atoms with Gasteiger partial charge in [0, 0.05) is 6.20 Å². The molecule has 0 aliphatic carbocycles. The van der Waals surface area contributed by atoms with Crippen molar-refractivity contribution in [2.45, 2.75) is 38.3 Å². The molecule has 0 bridgehead atoms. The molecule has 6 nitrogen and oxygen atoms in total. The van der Waals surface area contributed by atoms with E-state index in [0.717, 1.165) is 41.4 Å². The van der Waals surface area contributed by atoms with E-state index in [9.17, 15) is 8.78 Å². The van der Waals surface area contributed by atoms with Crippen molar-refractivity contribution in [3.05, 3.63) is 83.0 Å². The Labute approximate surface area is 203 Å². The van der Waals surface area contributed by atoms with Crippen molar-refractivity contribution in [2.24, 2.45) is 0 Å². The number of nitrogens with zero attached hydrogens (tertiary/aromatic N) is 3. The highest BCUT2D eigenvalue weighted by Crippen LogP contribution is 2.40. The smallest absolute Gasteiger partial charge is 0.159 e. The van der Waals surface area contributed by atoms with Gasteiger partial charge in [-0.3, -0.25) is 5.41 Å². The number of halogens is 2. The Morgan fingerprint density at radius 1 is 1.20 bits per heavy atom. The number of ether oxygens (including phenoxy) is 2. The monoisotopic (exact) mass is 478 g/mol. The highest BCUT2D eigenvalue weighted by molar-refractivity contribution is 6.01. The third kappa shape index (κ3) is 4.12. The van der Waals surface area contributed by atoms with Gasteiger partial charge in [-0.2, -0.15) is 0 Å². The van der Waals surface area contributed by atoms with Gasteiger partial charge in [-0.25, -0.2) is 13.8 Å². The predicted molar refractivity (Wildman–Crippen MR) is 130 cm³/mol. The summed E-state index contributed by atoms with van der Waals surface area (Å²) in [6.07, 6.45) is 7.22. The van der Waals surface area contributed by atoms with Crippen LogP contribution < -0.4 is 4.74 Å². The van der Waals surface area contributed by atoms with Gasteiger partial charge in [0.2, 0.25) is 0 Å². The SMILES string of the molecule is COc1cc(/C=C2\CCC3COCC(C)(c4ccc(F)c(F)c4)N3C2=N)ccc1-n1cnc(C)c1. The number of nitrogens with one attached hydrogen (secondary N) is 1. The van der Waals surface area contributed by atoms with Gasteiger partial charge < -0.3 is 18.9 Å². The summed E-state index contributed by atoms with van der Waals surface area (Å²) >= 11 is 0. The van der Waals surface area contributed by atoms with E-state index in [1.54, 1.807) is 19.5 Å². The van der Waals surface area contributed by atoms with Gasteiger partial charge in [-0.05, 0) is 73.7 Å². The number of benzene rings is 2. The fourth-order valence-electron chi connectivity index (χ4n) is 5.12. The maximum absolute atomic E-state index is 14.1. The first-order chi connectivity index (χ1) is 16.8. The molecule has 3 aromatic rings. The lowest BCUT2D eigenvalue weighted by Crippen LogP contribution is -2.62. The van der Waals surface area contributed by atoms with Crippen LogP contribution in [0.3, 0.4) is 0 Å². The summed E-state index contributed by atoms with van der Waals surface area (Å²) in [6.45, 7) is 4.65. The number of imidazole rings is 1. The highest BCUT2D eigenvalue weighted by atomic mass is 19.2. The first-order valence-corrected chi connectivity index (χ1v) is 11.6. The fraction of sp³-hybridized carbons (Fsp3) is 0.333. The standard InChI is InChI=1S/C27H28F2N4O2/c1-17-13-32(16-31-17)24-9-4-18(11-25(24)34-3)10-19-5-7-21-14-35-15-27(2,33(21)26(19)30)20-6-8-22(28)23(29)12-20/h4,6,8-13,16,21,30H,5,7,14-15H2,1-3H3/b19-10+,30-26?. The van der Waals surface area contributed by atoms with Gasteiger partial charge in [-0.1, -0.05) is 12.1 Å². The van der Waals surface area contributed by atoms with E-state index in [-0.39, 0.29) is 12.6 Å². The minimum atomic E-state index is -0.898. The molecule has 2 atom stereocenters. The maximum Gasteiger partial charge on any atom is 0.159 e. The Morgan fingerprint density at radius 2 is 2.03 bits per heavy atom. The number of aryl methyl sites for hydroxylation is 1. The van der Waals surface area contributed by atoms with Crippen LogP contribution in [0.4, 0.5) is 8.78 Å². The minimum Gasteiger partial charge on any atom is -0.495 e. The molecule has 182 valence electrons. The van der Waals surface area contributed by atoms with E-state index in [4.69, 9.17) is 14.9 Å². The van der Waals surface area contributed by atoms with Crippen molar-refractivity contribution in [2.75, 3.05) is 20.3 Å². The molecule has 2 aliphatic heterocycles. The van der Waals surface area contributed by atoms with Crippen molar-refractivity contribution < 1.29 is 18.3 Å². The molecule has 0 amide bonds. The molecule has 35 heavy (non-hydrogen) atoms. The van der Waals surface area contributed by atoms with Crippen LogP contribution in [0.5, 0.6) is 5.75 Å². The molecule has 1 N–H and O–H groups in total. The van der Waals surface area contributed by atoms with Crippen LogP contribution in [-0.4, -0.2) is 46.7 Å². The summed E-state index contributed by atoms with van der Waals surface area (Å²) in [5.41, 5.74) is 3.41. The third-order valence-electron chi connectivity index (χ3n) is 6.96. The van der Waals surface area contributed by atoms with Crippen LogP contribution >= 0.6 is 0 Å². The number of hydrogen-bond donors (Lipinski definition) is 1. The van der Waals surface area contributed by atoms with Crippen molar-refractivity contribution in [3.8, 4) is 11.4 Å². The summed E-state index contributed by atoms with van der Waals surface area (Å²) in [7, 11) is 1.63. The van der Waals surface area contributed by atoms with Gasteiger partial charge in [0.25, 0.3) is 0 Å². The van der Waals surface area contributed by atoms with Crippen LogP contribution in [0.25, 0.3) is 11.8 Å². The molecule has 2 unspecified atom stereocenters. The van der Waals surface area contributed by atoms with E-state index in [1.807, 2.05) is 53.8 Å². The molecule has 0 saturated carbocycles. The Kier molecular flexibility index (Phi) is 5.92. The Balaban J connectivity index is 1.49. The van der Waals surface area contributed by atoms with Crippen LogP contribution in [0.15, 0.2) is 54.5 Å². The number of amidine groups is 1. The number of methoxy groups -OCH3 is 1. The zero-order valence-corrected chi connectivity index (χ0v) is 20.0. The first-order valence-electron chi connectivity index (χ1n) is 11.6. The highest BCUT2D eigenvalue weighted by Gasteiger charge is 2.46. The van der Waals surface area contributed by atoms with Crippen molar-refractivity contribution in [1.29, 1.82) is 5.41 Å². The zero-order chi connectivity index (χ0) is 24.7. The second kappa shape index (κ2) is 8.92. The zero-order valence-electron chi connectivity index (χ0n) is 20.0. The second-order valence-electron chi connectivity index (χ2n) is 9.35. The molecule has 8 heteroatoms. The summed E-state index contributed by atoms with van der Waals surface area (Å²) in [5.74, 6) is -0.700. The number of piperidine rings is 1. The lowest BCUT2D eigenvalue weighted by atomic mass is 9.83.